The Bertz CT molecular complexity index is 2840. The molecule has 3 heterocycles. The van der Waals surface area contributed by atoms with Crippen molar-refractivity contribution in [3.05, 3.63) is 189 Å². The van der Waals surface area contributed by atoms with Crippen molar-refractivity contribution < 1.29 is 23.6 Å². The summed E-state index contributed by atoms with van der Waals surface area (Å²) in [5.41, 5.74) is 4.28. The number of nitrogens with one attached hydrogen (secondary N) is 4. The number of thiophene rings is 1. The zero-order valence-corrected chi connectivity index (χ0v) is 61.0. The molecule has 0 aliphatic carbocycles. The van der Waals surface area contributed by atoms with E-state index in [4.69, 9.17) is 4.42 Å². The summed E-state index contributed by atoms with van der Waals surface area (Å²) >= 11 is 3.55. The van der Waals surface area contributed by atoms with Crippen LogP contribution in [0.5, 0.6) is 0 Å². The van der Waals surface area contributed by atoms with Crippen LogP contribution < -0.4 is 21.3 Å². The van der Waals surface area contributed by atoms with Gasteiger partial charge in [-0.2, -0.15) is 0 Å². The lowest BCUT2D eigenvalue weighted by atomic mass is 9.87. The van der Waals surface area contributed by atoms with E-state index in [1.54, 1.807) is 11.3 Å². The molecule has 0 bridgehead atoms. The van der Waals surface area contributed by atoms with E-state index < -0.39 is 0 Å². The van der Waals surface area contributed by atoms with Gasteiger partial charge in [-0.25, -0.2) is 4.98 Å². The quantitative estimate of drug-likeness (QED) is 0.122. The van der Waals surface area contributed by atoms with Crippen molar-refractivity contribution >= 4 is 52.0 Å². The molecule has 0 aliphatic heterocycles. The van der Waals surface area contributed by atoms with Gasteiger partial charge in [0.1, 0.15) is 0 Å². The molecule has 0 saturated heterocycles. The Morgan fingerprint density at radius 3 is 1.21 bits per heavy atom. The fraction of sp³-hybridized carbons (Fsp3) is 0.507. The molecule has 4 aromatic carbocycles. The number of nitrogens with zero attached hydrogens (tertiary/aromatic N) is 3. The van der Waals surface area contributed by atoms with Crippen LogP contribution in [-0.2, 0) is 53.8 Å². The molecule has 0 saturated carbocycles. The monoisotopic (exact) mass is 1260 g/mol. The number of carbonyl (C=O) groups excluding carboxylic acids is 4. The third kappa shape index (κ3) is 39.8. The van der Waals surface area contributed by atoms with Gasteiger partial charge in [0.05, 0.1) is 5.01 Å². The number of aromatic nitrogens is 3. The van der Waals surface area contributed by atoms with Crippen LogP contribution in [0.3, 0.4) is 0 Å². The summed E-state index contributed by atoms with van der Waals surface area (Å²) in [6.45, 7) is 54.1. The summed E-state index contributed by atoms with van der Waals surface area (Å²) in [5, 5.41) is 24.2. The van der Waals surface area contributed by atoms with Crippen molar-refractivity contribution in [3.63, 3.8) is 0 Å². The summed E-state index contributed by atoms with van der Waals surface area (Å²) in [4.78, 5) is 51.4. The molecule has 4 amide bonds. The average molecular weight is 1260 g/mol. The lowest BCUT2D eigenvalue weighted by molar-refractivity contribution is -0.129. The van der Waals surface area contributed by atoms with E-state index in [9.17, 15) is 19.2 Å². The van der Waals surface area contributed by atoms with Gasteiger partial charge in [-0.15, -0.1) is 32.9 Å². The molecule has 7 aromatic rings. The standard InChI is InChI=1S/C13H19NO.C12H17NO.C11H15NO.C10H14.C8H17NO.C8H12S.C7H11NS.C6H10N2O/c1-13(2,3)12(15)14-10-9-11-7-5-4-6-8-11;1-12(2,3)11(14)13-9-10-7-5-4-6-8-10;1-11(2,3)10(13)12-9-7-5-4-6-8-9;1-10(2,3)9-7-5-4-6-8-9;1-6(2)9-7(10)8(3,4)5;1-8(2,3)7-5-4-6-9-7;1-7(2,3)6-8-4-5-9-6;1-6(2,3)5-8-7-4-9-5/h4-8H,9-10H2,1-3H3,(H,14,15);4-8H,9H2,1-3H3,(H,13,14);4-8H,1-3H3,(H,12,13);4-8H,1-3H3;6H,1-5H3,(H,9,10);4-6H,1-3H3;4-5H,1-3H3;4H,1-3H3. The summed E-state index contributed by atoms with van der Waals surface area (Å²) in [5.74, 6) is 1.03. The van der Waals surface area contributed by atoms with E-state index in [0.717, 1.165) is 17.7 Å². The number of carbonyl (C=O) groups is 4. The fourth-order valence-electron chi connectivity index (χ4n) is 6.33. The highest BCUT2D eigenvalue weighted by molar-refractivity contribution is 7.10. The molecular formula is C75H115N7O5S2. The molecule has 0 fully saturated rings. The van der Waals surface area contributed by atoms with Crippen LogP contribution in [0.2, 0.25) is 0 Å². The molecule has 0 spiro atoms. The summed E-state index contributed by atoms with van der Waals surface area (Å²) < 4.78 is 4.98. The van der Waals surface area contributed by atoms with Crippen molar-refractivity contribution in [3.8, 4) is 0 Å². The number of hydrogen-bond acceptors (Lipinski definition) is 10. The topological polar surface area (TPSA) is 168 Å². The van der Waals surface area contributed by atoms with Crippen molar-refractivity contribution in [1.82, 2.24) is 31.1 Å². The molecule has 3 aromatic heterocycles. The van der Waals surface area contributed by atoms with Crippen LogP contribution in [0.25, 0.3) is 0 Å². The second kappa shape index (κ2) is 38.7. The number of hydrogen-bond donors (Lipinski definition) is 4. The molecule has 7 rings (SSSR count). The van der Waals surface area contributed by atoms with Gasteiger partial charge in [-0.3, -0.25) is 19.2 Å². The Labute approximate surface area is 547 Å². The minimum Gasteiger partial charge on any atom is -0.427 e. The number of rotatable bonds is 7. The molecule has 0 radical (unpaired) electrons. The van der Waals surface area contributed by atoms with Crippen molar-refractivity contribution in [2.24, 2.45) is 21.7 Å². The third-order valence-corrected chi connectivity index (χ3v) is 14.5. The van der Waals surface area contributed by atoms with E-state index in [0.29, 0.717) is 29.8 Å². The highest BCUT2D eigenvalue weighted by Gasteiger charge is 2.24. The average Bonchev–Trinajstić information content (AvgIpc) is 4.53. The zero-order chi connectivity index (χ0) is 68.5. The van der Waals surface area contributed by atoms with Gasteiger partial charge in [-0.05, 0) is 71.4 Å². The Balaban J connectivity index is 0.00000100. The number of para-hydroxylation sites is 1. The van der Waals surface area contributed by atoms with Crippen LogP contribution in [0, 0.1) is 21.7 Å². The van der Waals surface area contributed by atoms with Crippen molar-refractivity contribution in [1.29, 1.82) is 0 Å². The number of anilines is 1. The lowest BCUT2D eigenvalue weighted by Gasteiger charge is -2.19. The van der Waals surface area contributed by atoms with Gasteiger partial charge < -0.3 is 25.7 Å². The van der Waals surface area contributed by atoms with Gasteiger partial charge in [-0.1, -0.05) is 281 Å². The normalized spacial score (nSPS) is 11.4. The second-order valence-corrected chi connectivity index (χ2v) is 31.9. The molecule has 14 heteroatoms. The minimum atomic E-state index is -0.337. The molecule has 4 N–H and O–H groups in total. The first-order valence-corrected chi connectivity index (χ1v) is 32.6. The van der Waals surface area contributed by atoms with Crippen LogP contribution >= 0.6 is 22.7 Å². The highest BCUT2D eigenvalue weighted by Crippen LogP contribution is 2.27. The Hall–Kier alpha value is -6.77. The number of amides is 4. The van der Waals surface area contributed by atoms with Gasteiger partial charge in [0.25, 0.3) is 0 Å². The smallest absolute Gasteiger partial charge is 0.229 e. The lowest BCUT2D eigenvalue weighted by Crippen LogP contribution is -2.38. The molecule has 12 nitrogen and oxygen atoms in total. The maximum absolute atomic E-state index is 11.5. The predicted octanol–water partition coefficient (Wildman–Crippen LogP) is 18.8. The minimum absolute atomic E-state index is 0.0174. The van der Waals surface area contributed by atoms with Gasteiger partial charge in [0.2, 0.25) is 35.9 Å². The first-order valence-electron chi connectivity index (χ1n) is 30.8. The Kier molecular flexibility index (Phi) is 35.8. The van der Waals surface area contributed by atoms with Crippen LogP contribution in [0.15, 0.2) is 161 Å². The largest absolute Gasteiger partial charge is 0.427 e. The first kappa shape index (κ1) is 82.2. The fourth-order valence-corrected chi connectivity index (χ4v) is 7.87. The molecule has 89 heavy (non-hydrogen) atoms. The van der Waals surface area contributed by atoms with Crippen molar-refractivity contribution in [2.75, 3.05) is 11.9 Å². The van der Waals surface area contributed by atoms with Crippen LogP contribution in [0.4, 0.5) is 5.69 Å². The van der Waals surface area contributed by atoms with E-state index in [2.05, 4.69) is 159 Å². The highest BCUT2D eigenvalue weighted by atomic mass is 32.1. The summed E-state index contributed by atoms with van der Waals surface area (Å²) in [7, 11) is 0. The maximum Gasteiger partial charge on any atom is 0.229 e. The first-order chi connectivity index (χ1) is 40.8. The van der Waals surface area contributed by atoms with E-state index in [1.165, 1.54) is 27.4 Å². The Morgan fingerprint density at radius 1 is 0.461 bits per heavy atom. The zero-order valence-electron chi connectivity index (χ0n) is 59.4. The Morgan fingerprint density at radius 2 is 0.910 bits per heavy atom. The molecule has 0 atom stereocenters. The predicted molar refractivity (Wildman–Crippen MR) is 380 cm³/mol. The van der Waals surface area contributed by atoms with Crippen LogP contribution in [-0.4, -0.2) is 51.4 Å². The van der Waals surface area contributed by atoms with E-state index in [1.807, 2.05) is 219 Å². The molecule has 492 valence electrons. The SMILES string of the molecule is CC(C)(C)C(=O)NCCc1ccccc1.CC(C)(C)C(=O)NCc1ccccc1.CC(C)(C)C(=O)Nc1ccccc1.CC(C)(C)c1ccccc1.CC(C)(C)c1cccs1.CC(C)(C)c1nccs1.CC(C)(C)c1nnco1.CC(C)NC(=O)C(C)(C)C. The third-order valence-electron chi connectivity index (χ3n) is 12.0. The maximum atomic E-state index is 11.5. The second-order valence-electron chi connectivity index (χ2n) is 30.0. The summed E-state index contributed by atoms with van der Waals surface area (Å²) in [6, 6.07) is 44.7. The van der Waals surface area contributed by atoms with Gasteiger partial charge in [0, 0.05) is 73.8 Å². The molecule has 0 aliphatic rings. The van der Waals surface area contributed by atoms with Gasteiger partial charge >= 0.3 is 0 Å². The van der Waals surface area contributed by atoms with Crippen LogP contribution in [0.1, 0.15) is 212 Å². The van der Waals surface area contributed by atoms with E-state index in [-0.39, 0.29) is 62.2 Å². The summed E-state index contributed by atoms with van der Waals surface area (Å²) in [6.07, 6.45) is 4.09. The van der Waals surface area contributed by atoms with Gasteiger partial charge in [0.15, 0.2) is 0 Å². The molecule has 0 unspecified atom stereocenters. The molecular weight excluding hydrogens is 1140 g/mol. The van der Waals surface area contributed by atoms with Crippen molar-refractivity contribution in [2.45, 2.75) is 221 Å². The number of benzene rings is 4. The van der Waals surface area contributed by atoms with E-state index >= 15 is 0 Å². The number of thiazole rings is 1.